The molecule has 0 N–H and O–H groups in total. The standard InChI is InChI=1S/C14H13F3N6/c1-10(11-4-2-3-6-18-11)23-8-13(19-21-23)12-5-7-22(20-12)9-14(15,16)17/h2-8,10H,9H2,1H3/t10-/m1/s1. The van der Waals surface area contributed by atoms with Crippen LogP contribution in [0.1, 0.15) is 18.7 Å². The largest absolute Gasteiger partial charge is 0.408 e. The molecule has 0 aliphatic rings. The first kappa shape index (κ1) is 15.2. The lowest BCUT2D eigenvalue weighted by Gasteiger charge is -2.09. The lowest BCUT2D eigenvalue weighted by atomic mass is 10.2. The summed E-state index contributed by atoms with van der Waals surface area (Å²) in [7, 11) is 0. The Morgan fingerprint density at radius 1 is 1.17 bits per heavy atom. The third-order valence-corrected chi connectivity index (χ3v) is 3.27. The van der Waals surface area contributed by atoms with E-state index in [-0.39, 0.29) is 6.04 Å². The van der Waals surface area contributed by atoms with Crippen LogP contribution in [0.2, 0.25) is 0 Å². The van der Waals surface area contributed by atoms with Gasteiger partial charge in [-0.25, -0.2) is 4.68 Å². The topological polar surface area (TPSA) is 61.4 Å². The first-order valence-electron chi connectivity index (χ1n) is 6.86. The predicted molar refractivity (Wildman–Crippen MR) is 75.3 cm³/mol. The minimum absolute atomic E-state index is 0.144. The number of hydrogen-bond donors (Lipinski definition) is 0. The maximum absolute atomic E-state index is 12.4. The first-order chi connectivity index (χ1) is 10.9. The van der Waals surface area contributed by atoms with Crippen molar-refractivity contribution in [3.05, 3.63) is 48.5 Å². The van der Waals surface area contributed by atoms with Crippen LogP contribution in [0, 0.1) is 0 Å². The molecule has 3 aromatic heterocycles. The molecular weight excluding hydrogens is 309 g/mol. The molecule has 6 nitrogen and oxygen atoms in total. The van der Waals surface area contributed by atoms with E-state index in [1.54, 1.807) is 17.1 Å². The van der Waals surface area contributed by atoms with E-state index in [1.165, 1.54) is 12.3 Å². The van der Waals surface area contributed by atoms with Crippen molar-refractivity contribution in [2.75, 3.05) is 0 Å². The maximum atomic E-state index is 12.4. The fourth-order valence-corrected chi connectivity index (χ4v) is 2.11. The molecule has 23 heavy (non-hydrogen) atoms. The van der Waals surface area contributed by atoms with E-state index in [9.17, 15) is 13.2 Å². The average Bonchev–Trinajstić information content (AvgIpc) is 3.14. The molecule has 9 heteroatoms. The number of hydrogen-bond acceptors (Lipinski definition) is 4. The summed E-state index contributed by atoms with van der Waals surface area (Å²) < 4.78 is 39.5. The molecule has 0 spiro atoms. The van der Waals surface area contributed by atoms with E-state index in [2.05, 4.69) is 20.4 Å². The molecule has 0 aliphatic carbocycles. The van der Waals surface area contributed by atoms with Gasteiger partial charge in [-0.2, -0.15) is 18.3 Å². The van der Waals surface area contributed by atoms with Gasteiger partial charge in [0.2, 0.25) is 0 Å². The number of nitrogens with zero attached hydrogens (tertiary/aromatic N) is 6. The predicted octanol–water partition coefficient (Wildman–Crippen LogP) is 2.71. The number of pyridine rings is 1. The highest BCUT2D eigenvalue weighted by Crippen LogP contribution is 2.21. The van der Waals surface area contributed by atoms with Crippen LogP contribution in [0.4, 0.5) is 13.2 Å². The molecule has 0 unspecified atom stereocenters. The third kappa shape index (κ3) is 3.55. The second kappa shape index (κ2) is 5.82. The zero-order chi connectivity index (χ0) is 16.4. The van der Waals surface area contributed by atoms with Crippen molar-refractivity contribution >= 4 is 0 Å². The maximum Gasteiger partial charge on any atom is 0.408 e. The number of rotatable bonds is 4. The Labute approximate surface area is 129 Å². The first-order valence-corrected chi connectivity index (χ1v) is 6.86. The molecule has 0 saturated heterocycles. The molecule has 3 aromatic rings. The Morgan fingerprint density at radius 3 is 2.70 bits per heavy atom. The lowest BCUT2D eigenvalue weighted by Crippen LogP contribution is -2.17. The van der Waals surface area contributed by atoms with Crippen LogP contribution in [0.25, 0.3) is 11.4 Å². The van der Waals surface area contributed by atoms with Gasteiger partial charge in [-0.1, -0.05) is 11.3 Å². The van der Waals surface area contributed by atoms with Crippen molar-refractivity contribution in [3.63, 3.8) is 0 Å². The minimum Gasteiger partial charge on any atom is -0.263 e. The molecule has 3 heterocycles. The molecule has 0 aromatic carbocycles. The SMILES string of the molecule is C[C@H](c1ccccn1)n1cc(-c2ccn(CC(F)(F)F)n2)nn1. The minimum atomic E-state index is -4.31. The zero-order valence-corrected chi connectivity index (χ0v) is 12.1. The van der Waals surface area contributed by atoms with Gasteiger partial charge in [-0.3, -0.25) is 9.67 Å². The molecule has 0 aliphatic heterocycles. The number of alkyl halides is 3. The second-order valence-corrected chi connectivity index (χ2v) is 5.03. The molecule has 1 atom stereocenters. The second-order valence-electron chi connectivity index (χ2n) is 5.03. The van der Waals surface area contributed by atoms with Gasteiger partial charge in [-0.05, 0) is 25.1 Å². The Bertz CT molecular complexity index is 777. The Morgan fingerprint density at radius 2 is 2.00 bits per heavy atom. The van der Waals surface area contributed by atoms with Gasteiger partial charge in [-0.15, -0.1) is 5.10 Å². The van der Waals surface area contributed by atoms with Gasteiger partial charge >= 0.3 is 6.18 Å². The highest BCUT2D eigenvalue weighted by molar-refractivity contribution is 5.51. The van der Waals surface area contributed by atoms with Gasteiger partial charge in [0.25, 0.3) is 0 Å². The molecule has 0 radical (unpaired) electrons. The molecule has 3 rings (SSSR count). The van der Waals surface area contributed by atoms with Gasteiger partial charge < -0.3 is 0 Å². The van der Waals surface area contributed by atoms with Crippen molar-refractivity contribution < 1.29 is 13.2 Å². The van der Waals surface area contributed by atoms with Crippen LogP contribution in [0.15, 0.2) is 42.9 Å². The van der Waals surface area contributed by atoms with Crippen LogP contribution in [0.3, 0.4) is 0 Å². The summed E-state index contributed by atoms with van der Waals surface area (Å²) in [4.78, 5) is 4.25. The van der Waals surface area contributed by atoms with E-state index in [0.29, 0.717) is 11.4 Å². The number of halogens is 3. The Kier molecular flexibility index (Phi) is 3.85. The summed E-state index contributed by atoms with van der Waals surface area (Å²) in [5.41, 5.74) is 1.56. The fourth-order valence-electron chi connectivity index (χ4n) is 2.11. The van der Waals surface area contributed by atoms with Crippen LogP contribution in [0.5, 0.6) is 0 Å². The zero-order valence-electron chi connectivity index (χ0n) is 12.1. The van der Waals surface area contributed by atoms with Crippen molar-refractivity contribution in [3.8, 4) is 11.4 Å². The van der Waals surface area contributed by atoms with Gasteiger partial charge in [0.15, 0.2) is 0 Å². The Balaban J connectivity index is 1.80. The van der Waals surface area contributed by atoms with Gasteiger partial charge in [0.1, 0.15) is 17.9 Å². The summed E-state index contributed by atoms with van der Waals surface area (Å²) in [5.74, 6) is 0. The molecule has 0 saturated carbocycles. The molecule has 0 bridgehead atoms. The smallest absolute Gasteiger partial charge is 0.263 e. The molecule has 0 amide bonds. The van der Waals surface area contributed by atoms with Crippen LogP contribution < -0.4 is 0 Å². The molecule has 0 fully saturated rings. The van der Waals surface area contributed by atoms with Crippen LogP contribution >= 0.6 is 0 Å². The van der Waals surface area contributed by atoms with Gasteiger partial charge in [0.05, 0.1) is 17.9 Å². The van der Waals surface area contributed by atoms with E-state index in [0.717, 1.165) is 10.4 Å². The summed E-state index contributed by atoms with van der Waals surface area (Å²) in [6, 6.07) is 6.89. The van der Waals surface area contributed by atoms with E-state index < -0.39 is 12.7 Å². The summed E-state index contributed by atoms with van der Waals surface area (Å²) in [5, 5.41) is 11.9. The van der Waals surface area contributed by atoms with Gasteiger partial charge in [0, 0.05) is 12.4 Å². The fraction of sp³-hybridized carbons (Fsp3) is 0.286. The van der Waals surface area contributed by atoms with Crippen molar-refractivity contribution in [1.82, 2.24) is 29.8 Å². The normalized spacial score (nSPS) is 13.2. The van der Waals surface area contributed by atoms with E-state index >= 15 is 0 Å². The molecule has 120 valence electrons. The number of aromatic nitrogens is 6. The lowest BCUT2D eigenvalue weighted by molar-refractivity contribution is -0.142. The van der Waals surface area contributed by atoms with E-state index in [1.807, 2.05) is 25.1 Å². The highest BCUT2D eigenvalue weighted by Gasteiger charge is 2.28. The molecular formula is C14H13F3N6. The monoisotopic (exact) mass is 322 g/mol. The third-order valence-electron chi connectivity index (χ3n) is 3.27. The van der Waals surface area contributed by atoms with Crippen molar-refractivity contribution in [2.45, 2.75) is 25.7 Å². The quantitative estimate of drug-likeness (QED) is 0.741. The summed E-state index contributed by atoms with van der Waals surface area (Å²) in [6.45, 7) is 0.772. The summed E-state index contributed by atoms with van der Waals surface area (Å²) in [6.07, 6.45) is 0.278. The Hall–Kier alpha value is -2.71. The van der Waals surface area contributed by atoms with Crippen LogP contribution in [-0.4, -0.2) is 35.9 Å². The van der Waals surface area contributed by atoms with E-state index in [4.69, 9.17) is 0 Å². The average molecular weight is 322 g/mol. The highest BCUT2D eigenvalue weighted by atomic mass is 19.4. The summed E-state index contributed by atoms with van der Waals surface area (Å²) >= 11 is 0. The van der Waals surface area contributed by atoms with Crippen LogP contribution in [-0.2, 0) is 6.54 Å². The van der Waals surface area contributed by atoms with Crippen molar-refractivity contribution in [1.29, 1.82) is 0 Å². The van der Waals surface area contributed by atoms with Crippen molar-refractivity contribution in [2.24, 2.45) is 0 Å².